The number of benzene rings is 2. The summed E-state index contributed by atoms with van der Waals surface area (Å²) in [7, 11) is 0. The largest absolute Gasteiger partial charge is 0.490 e. The summed E-state index contributed by atoms with van der Waals surface area (Å²) in [4.78, 5) is 37.0. The van der Waals surface area contributed by atoms with Gasteiger partial charge in [-0.15, -0.1) is 5.10 Å². The van der Waals surface area contributed by atoms with Crippen molar-refractivity contribution in [2.75, 3.05) is 18.4 Å². The molecule has 0 unspecified atom stereocenters. The predicted molar refractivity (Wildman–Crippen MR) is 121 cm³/mol. The molecule has 4 rings (SSSR count). The first-order chi connectivity index (χ1) is 16.6. The molecule has 0 saturated carbocycles. The Hall–Kier alpha value is -3.93. The third kappa shape index (κ3) is 7.81. The maximum Gasteiger partial charge on any atom is 0.490 e. The van der Waals surface area contributed by atoms with E-state index < -0.39 is 23.7 Å². The van der Waals surface area contributed by atoms with Gasteiger partial charge < -0.3 is 10.4 Å². The van der Waals surface area contributed by atoms with Crippen LogP contribution in [0.2, 0.25) is 0 Å². The molecule has 2 aromatic carbocycles. The molecule has 1 amide bonds. The number of nitrogens with zero attached hydrogens (tertiary/aromatic N) is 2. The van der Waals surface area contributed by atoms with Crippen LogP contribution in [-0.2, 0) is 11.3 Å². The molecule has 12 heteroatoms. The molecule has 1 aliphatic heterocycles. The van der Waals surface area contributed by atoms with Crippen LogP contribution in [0.5, 0.6) is 0 Å². The van der Waals surface area contributed by atoms with Gasteiger partial charge in [0.05, 0.1) is 0 Å². The number of anilines is 1. The molecular formula is C23H24F3N5O4. The number of aromatic nitrogens is 3. The minimum Gasteiger partial charge on any atom is -0.475 e. The highest BCUT2D eigenvalue weighted by molar-refractivity contribution is 6.01. The topological polar surface area (TPSA) is 131 Å². The van der Waals surface area contributed by atoms with Crippen molar-refractivity contribution in [2.24, 2.45) is 0 Å². The maximum atomic E-state index is 12.2. The van der Waals surface area contributed by atoms with Gasteiger partial charge in [0.15, 0.2) is 0 Å². The van der Waals surface area contributed by atoms with Crippen molar-refractivity contribution >= 4 is 17.6 Å². The van der Waals surface area contributed by atoms with Crippen LogP contribution in [0.1, 0.15) is 40.5 Å². The average Bonchev–Trinajstić information content (AvgIpc) is 3.27. The fraction of sp³-hybridized carbons (Fsp3) is 0.304. The average molecular weight is 491 g/mol. The summed E-state index contributed by atoms with van der Waals surface area (Å²) in [6.07, 6.45) is -2.90. The van der Waals surface area contributed by atoms with Gasteiger partial charge in [0.2, 0.25) is 5.82 Å². The van der Waals surface area contributed by atoms with E-state index in [1.807, 2.05) is 24.3 Å². The number of hydrogen-bond donors (Lipinski definition) is 4. The summed E-state index contributed by atoms with van der Waals surface area (Å²) in [5.74, 6) is -2.74. The Morgan fingerprint density at radius 2 is 1.74 bits per heavy atom. The van der Waals surface area contributed by atoms with Crippen LogP contribution in [0.15, 0.2) is 59.4 Å². The molecule has 1 saturated heterocycles. The first-order valence-corrected chi connectivity index (χ1v) is 10.7. The van der Waals surface area contributed by atoms with Crippen molar-refractivity contribution in [1.82, 2.24) is 20.1 Å². The van der Waals surface area contributed by atoms with Gasteiger partial charge in [-0.05, 0) is 55.1 Å². The van der Waals surface area contributed by atoms with E-state index in [-0.39, 0.29) is 5.82 Å². The van der Waals surface area contributed by atoms with Gasteiger partial charge in [-0.3, -0.25) is 14.7 Å². The Morgan fingerprint density at radius 1 is 1.09 bits per heavy atom. The monoisotopic (exact) mass is 491 g/mol. The number of carboxylic acids is 1. The van der Waals surface area contributed by atoms with Crippen molar-refractivity contribution in [2.45, 2.75) is 31.5 Å². The highest BCUT2D eigenvalue weighted by Crippen LogP contribution is 2.30. The van der Waals surface area contributed by atoms with Crippen LogP contribution in [0.4, 0.5) is 18.9 Å². The first-order valence-electron chi connectivity index (χ1n) is 10.7. The van der Waals surface area contributed by atoms with E-state index in [9.17, 15) is 22.8 Å². The minimum absolute atomic E-state index is 0.0235. The van der Waals surface area contributed by atoms with E-state index in [1.165, 1.54) is 11.1 Å². The lowest BCUT2D eigenvalue weighted by Gasteiger charge is -2.32. The summed E-state index contributed by atoms with van der Waals surface area (Å²) < 4.78 is 31.7. The number of hydrogen-bond acceptors (Lipinski definition) is 5. The van der Waals surface area contributed by atoms with Crippen molar-refractivity contribution in [1.29, 1.82) is 0 Å². The number of likely N-dealkylation sites (tertiary alicyclic amines) is 1. The van der Waals surface area contributed by atoms with Gasteiger partial charge in [-0.1, -0.05) is 42.5 Å². The molecule has 0 radical (unpaired) electrons. The zero-order chi connectivity index (χ0) is 25.4. The van der Waals surface area contributed by atoms with Crippen LogP contribution in [0, 0.1) is 0 Å². The molecule has 4 N–H and O–H groups in total. The van der Waals surface area contributed by atoms with Crippen molar-refractivity contribution in [3.05, 3.63) is 82.0 Å². The zero-order valence-electron chi connectivity index (χ0n) is 18.5. The van der Waals surface area contributed by atoms with Crippen LogP contribution in [0.3, 0.4) is 0 Å². The Morgan fingerprint density at radius 3 is 2.31 bits per heavy atom. The highest BCUT2D eigenvalue weighted by Gasteiger charge is 2.38. The van der Waals surface area contributed by atoms with Gasteiger partial charge in [0.1, 0.15) is 0 Å². The summed E-state index contributed by atoms with van der Waals surface area (Å²) in [6.45, 7) is 3.11. The second-order valence-electron chi connectivity index (χ2n) is 7.94. The summed E-state index contributed by atoms with van der Waals surface area (Å²) in [5, 5.41) is 15.8. The molecular weight excluding hydrogens is 467 g/mol. The molecule has 1 aliphatic rings. The van der Waals surface area contributed by atoms with Crippen LogP contribution in [0.25, 0.3) is 0 Å². The second kappa shape index (κ2) is 11.5. The number of alkyl halides is 3. The van der Waals surface area contributed by atoms with Crippen LogP contribution < -0.4 is 11.0 Å². The van der Waals surface area contributed by atoms with Crippen molar-refractivity contribution in [3.8, 4) is 0 Å². The first kappa shape index (κ1) is 25.7. The number of carboxylic acid groups (broad SMARTS) is 1. The molecule has 2 heterocycles. The second-order valence-corrected chi connectivity index (χ2v) is 7.94. The summed E-state index contributed by atoms with van der Waals surface area (Å²) in [5.41, 5.74) is 2.79. The molecule has 1 fully saturated rings. The molecule has 0 atom stereocenters. The summed E-state index contributed by atoms with van der Waals surface area (Å²) in [6, 6.07) is 18.5. The van der Waals surface area contributed by atoms with E-state index >= 15 is 0 Å². The van der Waals surface area contributed by atoms with E-state index in [2.05, 4.69) is 55.7 Å². The fourth-order valence-electron chi connectivity index (χ4n) is 3.70. The number of carbonyl (C=O) groups excluding carboxylic acids is 1. The van der Waals surface area contributed by atoms with E-state index in [0.717, 1.165) is 32.5 Å². The highest BCUT2D eigenvalue weighted by atomic mass is 19.4. The van der Waals surface area contributed by atoms with Gasteiger partial charge in [0.25, 0.3) is 5.91 Å². The molecule has 3 aromatic rings. The Bertz CT molecular complexity index is 1190. The molecule has 0 spiro atoms. The number of aliphatic carboxylic acids is 1. The molecule has 35 heavy (non-hydrogen) atoms. The molecule has 0 aliphatic carbocycles. The van der Waals surface area contributed by atoms with E-state index in [4.69, 9.17) is 9.90 Å². The normalized spacial score (nSPS) is 14.6. The quantitative estimate of drug-likeness (QED) is 0.433. The van der Waals surface area contributed by atoms with Gasteiger partial charge in [0, 0.05) is 12.2 Å². The maximum absolute atomic E-state index is 12.2. The van der Waals surface area contributed by atoms with E-state index in [1.54, 1.807) is 0 Å². The third-order valence-electron chi connectivity index (χ3n) is 5.41. The fourth-order valence-corrected chi connectivity index (χ4v) is 3.70. The van der Waals surface area contributed by atoms with Crippen molar-refractivity contribution < 1.29 is 27.9 Å². The Kier molecular flexibility index (Phi) is 8.42. The number of H-pyrrole nitrogens is 2. The van der Waals surface area contributed by atoms with Crippen molar-refractivity contribution in [3.63, 3.8) is 0 Å². The number of aromatic amines is 2. The molecule has 186 valence electrons. The van der Waals surface area contributed by atoms with Gasteiger partial charge in [-0.2, -0.15) is 13.2 Å². The predicted octanol–water partition coefficient (Wildman–Crippen LogP) is 3.36. The number of piperidine rings is 1. The Labute approximate surface area is 198 Å². The minimum atomic E-state index is -5.08. The smallest absolute Gasteiger partial charge is 0.475 e. The standard InChI is InChI=1S/C21H23N5O2.C2HF3O2/c27-20(19-23-21(28)25-24-19)22-18-8-4-7-17(13-18)16-9-11-26(12-10-16)14-15-5-2-1-3-6-15;3-2(4,5)1(6)7/h1-8,13,16H,9-12,14H2,(H,22,27)(H2,23,24,25,28);(H,6,7). The number of carbonyl (C=O) groups is 2. The van der Waals surface area contributed by atoms with Crippen LogP contribution >= 0.6 is 0 Å². The number of nitrogens with one attached hydrogen (secondary N) is 3. The van der Waals surface area contributed by atoms with Crippen LogP contribution in [-0.4, -0.2) is 56.3 Å². The summed E-state index contributed by atoms with van der Waals surface area (Å²) >= 11 is 0. The molecule has 0 bridgehead atoms. The lowest BCUT2D eigenvalue weighted by atomic mass is 9.89. The lowest BCUT2D eigenvalue weighted by molar-refractivity contribution is -0.192. The zero-order valence-corrected chi connectivity index (χ0v) is 18.5. The number of rotatable bonds is 5. The number of amides is 1. The third-order valence-corrected chi connectivity index (χ3v) is 5.41. The number of halogens is 3. The molecule has 1 aromatic heterocycles. The Balaban J connectivity index is 0.000000429. The van der Waals surface area contributed by atoms with Gasteiger partial charge in [-0.25, -0.2) is 14.7 Å². The van der Waals surface area contributed by atoms with Gasteiger partial charge >= 0.3 is 17.8 Å². The lowest BCUT2D eigenvalue weighted by Crippen LogP contribution is -2.32. The SMILES string of the molecule is O=C(Nc1cccc(C2CCN(Cc3ccccc3)CC2)c1)c1n[nH]c(=O)[nH]1.O=C(O)C(F)(F)F. The molecule has 9 nitrogen and oxygen atoms in total. The van der Waals surface area contributed by atoms with E-state index in [0.29, 0.717) is 11.6 Å².